The average molecular weight is 234 g/mol. The highest BCUT2D eigenvalue weighted by atomic mass is 16.2. The molecule has 0 N–H and O–H groups in total. The number of likely N-dealkylation sites (tertiary alicyclic amines) is 1. The van der Waals surface area contributed by atoms with Crippen molar-refractivity contribution in [2.24, 2.45) is 11.3 Å². The molecule has 0 aromatic rings. The number of rotatable bonds is 2. The quantitative estimate of drug-likeness (QED) is 0.737. The summed E-state index contributed by atoms with van der Waals surface area (Å²) < 4.78 is 0. The highest BCUT2D eigenvalue weighted by Crippen LogP contribution is 2.41. The lowest BCUT2D eigenvalue weighted by Crippen LogP contribution is -2.46. The maximum atomic E-state index is 12.6. The molecule has 0 aromatic heterocycles. The van der Waals surface area contributed by atoms with Crippen LogP contribution in [0.2, 0.25) is 0 Å². The number of nitriles is 1. The lowest BCUT2D eigenvalue weighted by Gasteiger charge is -2.33. The Labute approximate surface area is 104 Å². The van der Waals surface area contributed by atoms with Crippen molar-refractivity contribution in [3.05, 3.63) is 0 Å². The zero-order chi connectivity index (χ0) is 12.5. The van der Waals surface area contributed by atoms with E-state index < -0.39 is 5.41 Å². The number of hydrogen-bond acceptors (Lipinski definition) is 2. The Balaban J connectivity index is 2.16. The van der Waals surface area contributed by atoms with Crippen LogP contribution in [0.1, 0.15) is 52.4 Å². The van der Waals surface area contributed by atoms with Crippen molar-refractivity contribution in [3.63, 3.8) is 0 Å². The molecule has 0 aromatic carbocycles. The van der Waals surface area contributed by atoms with Crippen LogP contribution in [0.4, 0.5) is 0 Å². The van der Waals surface area contributed by atoms with E-state index >= 15 is 0 Å². The monoisotopic (exact) mass is 234 g/mol. The Hall–Kier alpha value is -1.04. The van der Waals surface area contributed by atoms with Gasteiger partial charge in [-0.05, 0) is 31.6 Å². The molecule has 1 aliphatic heterocycles. The second kappa shape index (κ2) is 4.68. The number of amides is 1. The van der Waals surface area contributed by atoms with Crippen molar-refractivity contribution in [1.82, 2.24) is 4.90 Å². The fourth-order valence-electron chi connectivity index (χ4n) is 3.36. The molecule has 94 valence electrons. The van der Waals surface area contributed by atoms with Crippen LogP contribution in [0.3, 0.4) is 0 Å². The van der Waals surface area contributed by atoms with E-state index in [-0.39, 0.29) is 5.91 Å². The topological polar surface area (TPSA) is 44.1 Å². The van der Waals surface area contributed by atoms with E-state index in [9.17, 15) is 10.1 Å². The molecular formula is C14H22N2O. The minimum absolute atomic E-state index is 0.119. The first kappa shape index (κ1) is 12.4. The minimum Gasteiger partial charge on any atom is -0.338 e. The lowest BCUT2D eigenvalue weighted by molar-refractivity contribution is -0.140. The van der Waals surface area contributed by atoms with Gasteiger partial charge in [-0.25, -0.2) is 0 Å². The normalized spacial score (nSPS) is 27.4. The smallest absolute Gasteiger partial charge is 0.243 e. The van der Waals surface area contributed by atoms with Gasteiger partial charge in [-0.2, -0.15) is 5.26 Å². The fraction of sp³-hybridized carbons (Fsp3) is 0.857. The summed E-state index contributed by atoms with van der Waals surface area (Å²) in [6, 6.07) is 2.68. The van der Waals surface area contributed by atoms with Gasteiger partial charge in [-0.15, -0.1) is 0 Å². The molecule has 0 spiro atoms. The molecule has 3 nitrogen and oxygen atoms in total. The molecular weight excluding hydrogens is 212 g/mol. The maximum absolute atomic E-state index is 12.6. The standard InChI is InChI=1S/C14H22N2O/c1-11(2)12-6-5-9-16(12)13(17)14(10-15)7-3-4-8-14/h11-12H,3-9H2,1-2H3. The Kier molecular flexibility index (Phi) is 3.42. The lowest BCUT2D eigenvalue weighted by atomic mass is 9.85. The van der Waals surface area contributed by atoms with Gasteiger partial charge in [0.25, 0.3) is 0 Å². The Morgan fingerprint density at radius 2 is 2.00 bits per heavy atom. The van der Waals surface area contributed by atoms with Crippen LogP contribution in [0.5, 0.6) is 0 Å². The van der Waals surface area contributed by atoms with Gasteiger partial charge in [0.2, 0.25) is 5.91 Å². The van der Waals surface area contributed by atoms with E-state index in [1.807, 2.05) is 4.90 Å². The van der Waals surface area contributed by atoms with Gasteiger partial charge in [0.05, 0.1) is 6.07 Å². The molecule has 1 aliphatic carbocycles. The van der Waals surface area contributed by atoms with Gasteiger partial charge < -0.3 is 4.90 Å². The largest absolute Gasteiger partial charge is 0.338 e. The van der Waals surface area contributed by atoms with E-state index in [1.54, 1.807) is 0 Å². The van der Waals surface area contributed by atoms with Crippen LogP contribution < -0.4 is 0 Å². The summed E-state index contributed by atoms with van der Waals surface area (Å²) >= 11 is 0. The summed E-state index contributed by atoms with van der Waals surface area (Å²) in [6.07, 6.45) is 5.78. The molecule has 2 aliphatic rings. The average Bonchev–Trinajstić information content (AvgIpc) is 2.98. The van der Waals surface area contributed by atoms with E-state index in [1.165, 1.54) is 0 Å². The van der Waals surface area contributed by atoms with Crippen molar-refractivity contribution in [1.29, 1.82) is 5.26 Å². The Morgan fingerprint density at radius 1 is 1.35 bits per heavy atom. The molecule has 1 saturated heterocycles. The number of carbonyl (C=O) groups excluding carboxylic acids is 1. The number of carbonyl (C=O) groups is 1. The van der Waals surface area contributed by atoms with Gasteiger partial charge in [-0.1, -0.05) is 26.7 Å². The molecule has 2 fully saturated rings. The summed E-state index contributed by atoms with van der Waals surface area (Å²) in [5.41, 5.74) is -0.683. The summed E-state index contributed by atoms with van der Waals surface area (Å²) in [6.45, 7) is 5.19. The molecule has 2 rings (SSSR count). The van der Waals surface area contributed by atoms with Gasteiger partial charge in [0, 0.05) is 12.6 Å². The molecule has 1 heterocycles. The summed E-state index contributed by atoms with van der Waals surface area (Å²) in [5.74, 6) is 0.618. The first-order valence-corrected chi connectivity index (χ1v) is 6.83. The van der Waals surface area contributed by atoms with Crippen molar-refractivity contribution >= 4 is 5.91 Å². The molecule has 17 heavy (non-hydrogen) atoms. The second-order valence-electron chi connectivity index (χ2n) is 5.85. The summed E-state index contributed by atoms with van der Waals surface area (Å²) in [4.78, 5) is 14.6. The predicted octanol–water partition coefficient (Wildman–Crippen LogP) is 2.72. The van der Waals surface area contributed by atoms with E-state index in [4.69, 9.17) is 0 Å². The van der Waals surface area contributed by atoms with Crippen LogP contribution in [0.25, 0.3) is 0 Å². The first-order valence-electron chi connectivity index (χ1n) is 6.83. The molecule has 1 unspecified atom stereocenters. The van der Waals surface area contributed by atoms with Crippen LogP contribution in [0, 0.1) is 22.7 Å². The molecule has 1 atom stereocenters. The van der Waals surface area contributed by atoms with Gasteiger partial charge >= 0.3 is 0 Å². The predicted molar refractivity (Wildman–Crippen MR) is 66.1 cm³/mol. The van der Waals surface area contributed by atoms with Crippen LogP contribution in [-0.4, -0.2) is 23.4 Å². The molecule has 1 saturated carbocycles. The van der Waals surface area contributed by atoms with E-state index in [0.29, 0.717) is 12.0 Å². The van der Waals surface area contributed by atoms with Crippen molar-refractivity contribution in [2.75, 3.05) is 6.54 Å². The van der Waals surface area contributed by atoms with E-state index in [0.717, 1.165) is 45.1 Å². The van der Waals surface area contributed by atoms with Gasteiger partial charge in [0.15, 0.2) is 0 Å². The highest BCUT2D eigenvalue weighted by Gasteiger charge is 2.46. The highest BCUT2D eigenvalue weighted by molar-refractivity contribution is 5.86. The first-order chi connectivity index (χ1) is 8.10. The SMILES string of the molecule is CC(C)C1CCCN1C(=O)C1(C#N)CCCC1. The van der Waals surface area contributed by atoms with Crippen molar-refractivity contribution in [3.8, 4) is 6.07 Å². The van der Waals surface area contributed by atoms with Crippen molar-refractivity contribution in [2.45, 2.75) is 58.4 Å². The second-order valence-corrected chi connectivity index (χ2v) is 5.85. The molecule has 0 radical (unpaired) electrons. The minimum atomic E-state index is -0.683. The van der Waals surface area contributed by atoms with Crippen LogP contribution in [-0.2, 0) is 4.79 Å². The molecule has 0 bridgehead atoms. The Morgan fingerprint density at radius 3 is 2.53 bits per heavy atom. The molecule has 3 heteroatoms. The third kappa shape index (κ3) is 2.06. The third-order valence-corrected chi connectivity index (χ3v) is 4.41. The summed E-state index contributed by atoms with van der Waals surface area (Å²) in [5, 5.41) is 9.37. The fourth-order valence-corrected chi connectivity index (χ4v) is 3.36. The number of nitrogens with zero attached hydrogens (tertiary/aromatic N) is 2. The van der Waals surface area contributed by atoms with E-state index in [2.05, 4.69) is 19.9 Å². The maximum Gasteiger partial charge on any atom is 0.243 e. The zero-order valence-electron chi connectivity index (χ0n) is 10.9. The third-order valence-electron chi connectivity index (χ3n) is 4.41. The summed E-state index contributed by atoms with van der Waals surface area (Å²) in [7, 11) is 0. The van der Waals surface area contributed by atoms with Gasteiger partial charge in [-0.3, -0.25) is 4.79 Å². The zero-order valence-corrected chi connectivity index (χ0v) is 10.9. The van der Waals surface area contributed by atoms with Crippen molar-refractivity contribution < 1.29 is 4.79 Å². The van der Waals surface area contributed by atoms with Gasteiger partial charge in [0.1, 0.15) is 5.41 Å². The van der Waals surface area contributed by atoms with Crippen LogP contribution in [0.15, 0.2) is 0 Å². The van der Waals surface area contributed by atoms with Crippen LogP contribution >= 0.6 is 0 Å². The Bertz CT molecular complexity index is 337. The number of hydrogen-bond donors (Lipinski definition) is 0. The molecule has 1 amide bonds.